The van der Waals surface area contributed by atoms with Crippen LogP contribution < -0.4 is 0 Å². The van der Waals surface area contributed by atoms with Crippen LogP contribution in [0.25, 0.3) is 0 Å². The molecule has 0 aromatic rings. The highest BCUT2D eigenvalue weighted by atomic mass is 16.6. The number of hydrogen-bond donors (Lipinski definition) is 2. The molecular formula is C7H13NO5. The van der Waals surface area contributed by atoms with E-state index in [0.29, 0.717) is 12.1 Å². The molecule has 0 bridgehead atoms. The molecule has 0 saturated heterocycles. The highest BCUT2D eigenvalue weighted by Gasteiger charge is 2.00. The van der Waals surface area contributed by atoms with E-state index in [4.69, 9.17) is 15.0 Å². The molecule has 0 aromatic heterocycles. The lowest BCUT2D eigenvalue weighted by Gasteiger charge is -1.92. The summed E-state index contributed by atoms with van der Waals surface area (Å²) in [6, 6.07) is 0. The van der Waals surface area contributed by atoms with Crippen molar-refractivity contribution in [3.05, 3.63) is 0 Å². The summed E-state index contributed by atoms with van der Waals surface area (Å²) >= 11 is 0. The molecule has 0 atom stereocenters. The van der Waals surface area contributed by atoms with Gasteiger partial charge in [0.15, 0.2) is 5.78 Å². The van der Waals surface area contributed by atoms with Crippen LogP contribution in [0, 0.1) is 0 Å². The molecule has 13 heavy (non-hydrogen) atoms. The fourth-order valence-corrected chi connectivity index (χ4v) is 0.444. The molecule has 2 N–H and O–H groups in total. The average Bonchev–Trinajstić information content (AvgIpc) is 2.02. The van der Waals surface area contributed by atoms with Crippen LogP contribution in [0.4, 0.5) is 4.79 Å². The number of carboxylic acid groups (broad SMARTS) is 2. The predicted molar refractivity (Wildman–Crippen MR) is 46.1 cm³/mol. The second-order valence-corrected chi connectivity index (χ2v) is 1.92. The zero-order valence-electron chi connectivity index (χ0n) is 7.77. The Hall–Kier alpha value is -1.59. The highest BCUT2D eigenvalue weighted by molar-refractivity contribution is 6.38. The highest BCUT2D eigenvalue weighted by Crippen LogP contribution is 1.85. The van der Waals surface area contributed by atoms with Gasteiger partial charge >= 0.3 is 6.16 Å². The normalized spacial score (nSPS) is 9.62. The minimum Gasteiger partial charge on any atom is -0.450 e. The van der Waals surface area contributed by atoms with Gasteiger partial charge in [0, 0.05) is 6.42 Å². The number of rotatable bonds is 3. The summed E-state index contributed by atoms with van der Waals surface area (Å²) in [7, 11) is 1.42. The van der Waals surface area contributed by atoms with E-state index in [0.717, 1.165) is 0 Å². The molecule has 76 valence electrons. The van der Waals surface area contributed by atoms with E-state index in [2.05, 4.69) is 9.99 Å². The lowest BCUT2D eigenvalue weighted by molar-refractivity contribution is -0.112. The molecular weight excluding hydrogens is 178 g/mol. The third-order valence-corrected chi connectivity index (χ3v) is 0.953. The Bertz CT molecular complexity index is 195. The Morgan fingerprint density at radius 3 is 2.00 bits per heavy atom. The quantitative estimate of drug-likeness (QED) is 0.516. The van der Waals surface area contributed by atoms with Gasteiger partial charge in [-0.1, -0.05) is 12.1 Å². The Morgan fingerprint density at radius 2 is 1.77 bits per heavy atom. The van der Waals surface area contributed by atoms with Gasteiger partial charge in [-0.25, -0.2) is 4.79 Å². The molecule has 0 saturated carbocycles. The van der Waals surface area contributed by atoms with Gasteiger partial charge in [0.2, 0.25) is 0 Å². The summed E-state index contributed by atoms with van der Waals surface area (Å²) in [5.74, 6) is 0.0249. The van der Waals surface area contributed by atoms with Crippen LogP contribution >= 0.6 is 0 Å². The molecule has 6 heteroatoms. The number of hydrogen-bond acceptors (Lipinski definition) is 4. The molecule has 0 fully saturated rings. The van der Waals surface area contributed by atoms with E-state index in [-0.39, 0.29) is 5.78 Å². The van der Waals surface area contributed by atoms with Crippen LogP contribution in [0.15, 0.2) is 5.16 Å². The molecule has 0 radical (unpaired) electrons. The Kier molecular flexibility index (Phi) is 9.14. The first-order chi connectivity index (χ1) is 5.95. The second-order valence-electron chi connectivity index (χ2n) is 1.92. The summed E-state index contributed by atoms with van der Waals surface area (Å²) in [5, 5.41) is 17.4. The number of ketones is 1. The van der Waals surface area contributed by atoms with Gasteiger partial charge in [0.05, 0.1) is 0 Å². The topological polar surface area (TPSA) is 96.2 Å². The van der Waals surface area contributed by atoms with Crippen LogP contribution in [-0.2, 0) is 9.63 Å². The van der Waals surface area contributed by atoms with Gasteiger partial charge in [-0.2, -0.15) is 0 Å². The molecule has 0 spiro atoms. The first kappa shape index (κ1) is 14.0. The minimum atomic E-state index is -1.83. The van der Waals surface area contributed by atoms with E-state index >= 15 is 0 Å². The van der Waals surface area contributed by atoms with Crippen molar-refractivity contribution in [3.8, 4) is 0 Å². The average molecular weight is 191 g/mol. The predicted octanol–water partition coefficient (Wildman–Crippen LogP) is 1.21. The SMILES string of the molecule is CCC(=O)C(C)=NOC.O=C(O)O. The maximum Gasteiger partial charge on any atom is 0.503 e. The number of carbonyl (C=O) groups excluding carboxylic acids is 1. The summed E-state index contributed by atoms with van der Waals surface area (Å²) in [6.45, 7) is 3.42. The third kappa shape index (κ3) is 13.4. The molecule has 0 aliphatic carbocycles. The van der Waals surface area contributed by atoms with E-state index in [9.17, 15) is 4.79 Å². The van der Waals surface area contributed by atoms with Gasteiger partial charge < -0.3 is 15.1 Å². The fraction of sp³-hybridized carbons (Fsp3) is 0.571. The first-order valence-corrected chi connectivity index (χ1v) is 3.48. The van der Waals surface area contributed by atoms with E-state index in [1.807, 2.05) is 0 Å². The number of nitrogens with zero attached hydrogens (tertiary/aromatic N) is 1. The zero-order valence-corrected chi connectivity index (χ0v) is 7.77. The van der Waals surface area contributed by atoms with E-state index in [1.54, 1.807) is 13.8 Å². The van der Waals surface area contributed by atoms with Crippen molar-refractivity contribution >= 4 is 17.7 Å². The van der Waals surface area contributed by atoms with Gasteiger partial charge in [0.25, 0.3) is 0 Å². The Labute approximate surface area is 75.8 Å². The fourth-order valence-electron chi connectivity index (χ4n) is 0.444. The van der Waals surface area contributed by atoms with Crippen molar-refractivity contribution < 1.29 is 24.6 Å². The third-order valence-electron chi connectivity index (χ3n) is 0.953. The standard InChI is InChI=1S/C6H11NO2.CH2O3/c1-4-6(8)5(2)7-9-3;2-1(3)4/h4H2,1-3H3;(H2,2,3,4). The van der Waals surface area contributed by atoms with Gasteiger partial charge in [0.1, 0.15) is 12.8 Å². The monoisotopic (exact) mass is 191 g/mol. The van der Waals surface area contributed by atoms with Crippen LogP contribution in [0.2, 0.25) is 0 Å². The Morgan fingerprint density at radius 1 is 1.38 bits per heavy atom. The van der Waals surface area contributed by atoms with E-state index in [1.165, 1.54) is 7.11 Å². The molecule has 0 unspecified atom stereocenters. The minimum absolute atomic E-state index is 0.0249. The first-order valence-electron chi connectivity index (χ1n) is 3.48. The molecule has 0 aliphatic heterocycles. The number of Topliss-reactive ketones (excluding diaryl/α,β-unsaturated/α-hetero) is 1. The number of oxime groups is 1. The van der Waals surface area contributed by atoms with E-state index < -0.39 is 6.16 Å². The van der Waals surface area contributed by atoms with Crippen molar-refractivity contribution in [2.24, 2.45) is 5.16 Å². The summed E-state index contributed by atoms with van der Waals surface area (Å²) in [6.07, 6.45) is -1.35. The van der Waals surface area contributed by atoms with Crippen LogP contribution in [0.1, 0.15) is 20.3 Å². The van der Waals surface area contributed by atoms with Crippen molar-refractivity contribution in [2.75, 3.05) is 7.11 Å². The smallest absolute Gasteiger partial charge is 0.450 e. The Balaban J connectivity index is 0. The summed E-state index contributed by atoms with van der Waals surface area (Å²) < 4.78 is 0. The molecule has 0 rings (SSSR count). The zero-order chi connectivity index (χ0) is 10.9. The van der Waals surface area contributed by atoms with Crippen LogP contribution in [0.3, 0.4) is 0 Å². The van der Waals surface area contributed by atoms with Crippen molar-refractivity contribution in [2.45, 2.75) is 20.3 Å². The van der Waals surface area contributed by atoms with Crippen molar-refractivity contribution in [1.29, 1.82) is 0 Å². The molecule has 0 aliphatic rings. The lowest BCUT2D eigenvalue weighted by atomic mass is 10.2. The molecule has 0 heterocycles. The summed E-state index contributed by atoms with van der Waals surface area (Å²) in [4.78, 5) is 23.6. The van der Waals surface area contributed by atoms with Crippen molar-refractivity contribution in [1.82, 2.24) is 0 Å². The number of carbonyl (C=O) groups is 2. The molecule has 0 amide bonds. The lowest BCUT2D eigenvalue weighted by Crippen LogP contribution is -2.07. The van der Waals surface area contributed by atoms with Crippen LogP contribution in [0.5, 0.6) is 0 Å². The molecule has 6 nitrogen and oxygen atoms in total. The van der Waals surface area contributed by atoms with Gasteiger partial charge in [-0.05, 0) is 6.92 Å². The largest absolute Gasteiger partial charge is 0.503 e. The van der Waals surface area contributed by atoms with Crippen molar-refractivity contribution in [3.63, 3.8) is 0 Å². The maximum atomic E-state index is 10.7. The second kappa shape index (κ2) is 8.51. The molecule has 0 aromatic carbocycles. The van der Waals surface area contributed by atoms with Crippen LogP contribution in [-0.4, -0.2) is 35.0 Å². The maximum absolute atomic E-state index is 10.7. The van der Waals surface area contributed by atoms with Gasteiger partial charge in [-0.15, -0.1) is 0 Å². The van der Waals surface area contributed by atoms with Gasteiger partial charge in [-0.3, -0.25) is 4.79 Å². The summed E-state index contributed by atoms with van der Waals surface area (Å²) in [5.41, 5.74) is 0.431.